The topological polar surface area (TPSA) is 75.5 Å². The standard InChI is InChI=1S/C13H15F2N3O3/c1-17(8-3-2-4-16-7-8)13(19)9-5-10(14)11(15)6-12(9)18(20)21/h5-6,8,16H,2-4,7H2,1H3. The molecule has 2 rings (SSSR count). The number of carbonyl (C=O) groups is 1. The van der Waals surface area contributed by atoms with Gasteiger partial charge in [-0.1, -0.05) is 0 Å². The Morgan fingerprint density at radius 1 is 1.43 bits per heavy atom. The molecule has 1 N–H and O–H groups in total. The molecule has 1 aliphatic heterocycles. The van der Waals surface area contributed by atoms with Crippen molar-refractivity contribution in [2.75, 3.05) is 20.1 Å². The summed E-state index contributed by atoms with van der Waals surface area (Å²) < 4.78 is 26.4. The van der Waals surface area contributed by atoms with Gasteiger partial charge < -0.3 is 10.2 Å². The summed E-state index contributed by atoms with van der Waals surface area (Å²) in [4.78, 5) is 23.7. The smallest absolute Gasteiger partial charge is 0.285 e. The lowest BCUT2D eigenvalue weighted by Gasteiger charge is -2.31. The van der Waals surface area contributed by atoms with Crippen LogP contribution >= 0.6 is 0 Å². The van der Waals surface area contributed by atoms with E-state index in [0.29, 0.717) is 18.7 Å². The van der Waals surface area contributed by atoms with Crippen LogP contribution in [0.5, 0.6) is 0 Å². The molecule has 0 radical (unpaired) electrons. The highest BCUT2D eigenvalue weighted by atomic mass is 19.2. The van der Waals surface area contributed by atoms with Crippen LogP contribution < -0.4 is 5.32 Å². The van der Waals surface area contributed by atoms with Gasteiger partial charge in [-0.25, -0.2) is 8.78 Å². The van der Waals surface area contributed by atoms with Crippen molar-refractivity contribution >= 4 is 11.6 Å². The van der Waals surface area contributed by atoms with Gasteiger partial charge in [0.15, 0.2) is 11.6 Å². The number of piperidine rings is 1. The first-order valence-electron chi connectivity index (χ1n) is 6.53. The molecule has 1 aliphatic rings. The van der Waals surface area contributed by atoms with E-state index in [9.17, 15) is 23.7 Å². The Kier molecular flexibility index (Phi) is 4.46. The number of hydrogen-bond acceptors (Lipinski definition) is 4. The van der Waals surface area contributed by atoms with Gasteiger partial charge in [0.2, 0.25) is 0 Å². The summed E-state index contributed by atoms with van der Waals surface area (Å²) in [5, 5.41) is 14.0. The maximum Gasteiger partial charge on any atom is 0.285 e. The Balaban J connectivity index is 2.33. The minimum atomic E-state index is -1.35. The van der Waals surface area contributed by atoms with Crippen molar-refractivity contribution in [3.63, 3.8) is 0 Å². The Morgan fingerprint density at radius 3 is 2.67 bits per heavy atom. The summed E-state index contributed by atoms with van der Waals surface area (Å²) in [7, 11) is 1.50. The lowest BCUT2D eigenvalue weighted by molar-refractivity contribution is -0.385. The second kappa shape index (κ2) is 6.13. The number of nitrogens with one attached hydrogen (secondary N) is 1. The highest BCUT2D eigenvalue weighted by Gasteiger charge is 2.29. The zero-order valence-electron chi connectivity index (χ0n) is 11.4. The van der Waals surface area contributed by atoms with Crippen molar-refractivity contribution in [1.82, 2.24) is 10.2 Å². The molecule has 1 amide bonds. The summed E-state index contributed by atoms with van der Waals surface area (Å²) in [5.74, 6) is -3.31. The lowest BCUT2D eigenvalue weighted by Crippen LogP contribution is -2.46. The highest BCUT2D eigenvalue weighted by molar-refractivity contribution is 5.98. The van der Waals surface area contributed by atoms with Crippen LogP contribution in [0.15, 0.2) is 12.1 Å². The molecule has 1 heterocycles. The minimum absolute atomic E-state index is 0.126. The summed E-state index contributed by atoms with van der Waals surface area (Å²) >= 11 is 0. The SMILES string of the molecule is CN(C(=O)c1cc(F)c(F)cc1[N+](=O)[O-])C1CCCNC1. The molecule has 0 aromatic heterocycles. The van der Waals surface area contributed by atoms with Crippen molar-refractivity contribution in [2.24, 2.45) is 0 Å². The van der Waals surface area contributed by atoms with Crippen LogP contribution in [0.1, 0.15) is 23.2 Å². The number of likely N-dealkylation sites (N-methyl/N-ethyl adjacent to an activating group) is 1. The first-order chi connectivity index (χ1) is 9.91. The molecule has 0 aliphatic carbocycles. The van der Waals surface area contributed by atoms with Crippen LogP contribution in [-0.2, 0) is 0 Å². The number of nitro groups is 1. The summed E-state index contributed by atoms with van der Waals surface area (Å²) in [6.07, 6.45) is 1.63. The van der Waals surface area contributed by atoms with Gasteiger partial charge in [-0.05, 0) is 25.5 Å². The van der Waals surface area contributed by atoms with Gasteiger partial charge >= 0.3 is 0 Å². The van der Waals surface area contributed by atoms with E-state index in [1.165, 1.54) is 11.9 Å². The molecule has 1 saturated heterocycles. The van der Waals surface area contributed by atoms with Crippen molar-refractivity contribution < 1.29 is 18.5 Å². The quantitative estimate of drug-likeness (QED) is 0.681. The number of carbonyl (C=O) groups excluding carboxylic acids is 1. The molecule has 1 aromatic rings. The third-order valence-corrected chi connectivity index (χ3v) is 3.60. The number of nitrogens with zero attached hydrogens (tertiary/aromatic N) is 2. The molecular weight excluding hydrogens is 284 g/mol. The van der Waals surface area contributed by atoms with E-state index in [1.54, 1.807) is 0 Å². The zero-order valence-corrected chi connectivity index (χ0v) is 11.4. The van der Waals surface area contributed by atoms with Crippen molar-refractivity contribution in [1.29, 1.82) is 0 Å². The van der Waals surface area contributed by atoms with E-state index < -0.39 is 33.7 Å². The Hall–Kier alpha value is -2.09. The lowest BCUT2D eigenvalue weighted by atomic mass is 10.0. The molecule has 0 saturated carbocycles. The van der Waals surface area contributed by atoms with Crippen LogP contribution in [0.4, 0.5) is 14.5 Å². The minimum Gasteiger partial charge on any atom is -0.337 e. The van der Waals surface area contributed by atoms with Crippen molar-refractivity contribution in [3.8, 4) is 0 Å². The second-order valence-electron chi connectivity index (χ2n) is 4.96. The monoisotopic (exact) mass is 299 g/mol. The predicted octanol–water partition coefficient (Wildman–Crippen LogP) is 1.70. The van der Waals surface area contributed by atoms with Gasteiger partial charge in [-0.15, -0.1) is 0 Å². The van der Waals surface area contributed by atoms with Crippen LogP contribution in [0.25, 0.3) is 0 Å². The Labute approximate surface area is 119 Å². The fourth-order valence-electron chi connectivity index (χ4n) is 2.38. The third-order valence-electron chi connectivity index (χ3n) is 3.60. The number of amides is 1. The summed E-state index contributed by atoms with van der Waals surface area (Å²) in [6, 6.07) is 0.900. The molecule has 114 valence electrons. The van der Waals surface area contributed by atoms with Crippen LogP contribution in [0, 0.1) is 21.7 Å². The fraction of sp³-hybridized carbons (Fsp3) is 0.462. The van der Waals surface area contributed by atoms with Crippen LogP contribution in [-0.4, -0.2) is 41.9 Å². The summed E-state index contributed by atoms with van der Waals surface area (Å²) in [6.45, 7) is 1.42. The molecule has 1 atom stereocenters. The van der Waals surface area contributed by atoms with E-state index in [0.717, 1.165) is 19.4 Å². The van der Waals surface area contributed by atoms with Gasteiger partial charge in [0.1, 0.15) is 5.56 Å². The second-order valence-corrected chi connectivity index (χ2v) is 4.96. The van der Waals surface area contributed by atoms with Gasteiger partial charge in [0.05, 0.1) is 11.0 Å². The third kappa shape index (κ3) is 3.15. The van der Waals surface area contributed by atoms with Crippen LogP contribution in [0.3, 0.4) is 0 Å². The molecule has 0 bridgehead atoms. The van der Waals surface area contributed by atoms with Crippen LogP contribution in [0.2, 0.25) is 0 Å². The van der Waals surface area contributed by atoms with Gasteiger partial charge in [0.25, 0.3) is 11.6 Å². The Bertz CT molecular complexity index is 574. The molecule has 6 nitrogen and oxygen atoms in total. The van der Waals surface area contributed by atoms with E-state index >= 15 is 0 Å². The number of halogens is 2. The molecule has 21 heavy (non-hydrogen) atoms. The molecule has 1 unspecified atom stereocenters. The predicted molar refractivity (Wildman–Crippen MR) is 71.0 cm³/mol. The van der Waals surface area contributed by atoms with Crippen molar-refractivity contribution in [3.05, 3.63) is 39.4 Å². The number of hydrogen-bond donors (Lipinski definition) is 1. The zero-order chi connectivity index (χ0) is 15.6. The largest absolute Gasteiger partial charge is 0.337 e. The number of rotatable bonds is 3. The normalized spacial score (nSPS) is 18.3. The molecule has 1 aromatic carbocycles. The number of benzene rings is 1. The number of nitro benzene ring substituents is 1. The van der Waals surface area contributed by atoms with Gasteiger partial charge in [-0.3, -0.25) is 14.9 Å². The maximum absolute atomic E-state index is 13.3. The summed E-state index contributed by atoms with van der Waals surface area (Å²) in [5.41, 5.74) is -1.17. The molecule has 0 spiro atoms. The first kappa shape index (κ1) is 15.3. The fourth-order valence-corrected chi connectivity index (χ4v) is 2.38. The van der Waals surface area contributed by atoms with Gasteiger partial charge in [-0.2, -0.15) is 0 Å². The molecule has 1 fully saturated rings. The maximum atomic E-state index is 13.3. The average molecular weight is 299 g/mol. The van der Waals surface area contributed by atoms with E-state index in [1.807, 2.05) is 0 Å². The van der Waals surface area contributed by atoms with E-state index in [-0.39, 0.29) is 6.04 Å². The first-order valence-corrected chi connectivity index (χ1v) is 6.53. The molecule has 8 heteroatoms. The average Bonchev–Trinajstić information content (AvgIpc) is 2.48. The van der Waals surface area contributed by atoms with Gasteiger partial charge in [0, 0.05) is 19.6 Å². The Morgan fingerprint density at radius 2 is 2.10 bits per heavy atom. The van der Waals surface area contributed by atoms with Crippen molar-refractivity contribution in [2.45, 2.75) is 18.9 Å². The molecular formula is C13H15F2N3O3. The van der Waals surface area contributed by atoms with E-state index in [4.69, 9.17) is 0 Å². The van der Waals surface area contributed by atoms with E-state index in [2.05, 4.69) is 5.32 Å². The highest BCUT2D eigenvalue weighted by Crippen LogP contribution is 2.24.